The highest BCUT2D eigenvalue weighted by Crippen LogP contribution is 2.30. The maximum absolute atomic E-state index is 12.5. The van der Waals surface area contributed by atoms with Crippen molar-refractivity contribution in [1.29, 1.82) is 0 Å². The summed E-state index contributed by atoms with van der Waals surface area (Å²) in [6.45, 7) is 4.63. The van der Waals surface area contributed by atoms with E-state index in [2.05, 4.69) is 20.0 Å². The van der Waals surface area contributed by atoms with Gasteiger partial charge in [-0.1, -0.05) is 0 Å². The summed E-state index contributed by atoms with van der Waals surface area (Å²) in [6, 6.07) is -1.57. The zero-order valence-electron chi connectivity index (χ0n) is 16.4. The van der Waals surface area contributed by atoms with E-state index in [0.717, 1.165) is 39.3 Å². The second kappa shape index (κ2) is 8.90. The Hall–Kier alpha value is -1.55. The number of morpholine rings is 1. The predicted molar refractivity (Wildman–Crippen MR) is 100 cm³/mol. The zero-order valence-corrected chi connectivity index (χ0v) is 17.3. The molecule has 170 valence electrons. The van der Waals surface area contributed by atoms with Crippen LogP contribution in [0.25, 0.3) is 0 Å². The van der Waals surface area contributed by atoms with Gasteiger partial charge < -0.3 is 15.0 Å². The number of piperidine rings is 1. The SMILES string of the molecule is O=C(NOCC1C[C@H](N2CCOCC2)CN1)[C@@H]1CC[C@@H]2CN1C(=O)N2OS(=O)(=O)O. The minimum atomic E-state index is -4.82. The molecule has 3 N–H and O–H groups in total. The Bertz CT molecular complexity index is 761. The van der Waals surface area contributed by atoms with Crippen LogP contribution in [0, 0.1) is 0 Å². The molecular weight excluding hydrogens is 422 g/mol. The molecule has 4 heterocycles. The van der Waals surface area contributed by atoms with E-state index in [1.807, 2.05) is 0 Å². The number of ether oxygens (including phenoxy) is 1. The lowest BCUT2D eigenvalue weighted by Crippen LogP contribution is -2.50. The number of urea groups is 1. The maximum Gasteiger partial charge on any atom is 0.418 e. The Morgan fingerprint density at radius 1 is 1.27 bits per heavy atom. The summed E-state index contributed by atoms with van der Waals surface area (Å²) in [5.74, 6) is -0.474. The number of hydroxylamine groups is 3. The summed E-state index contributed by atoms with van der Waals surface area (Å²) in [5, 5.41) is 4.00. The van der Waals surface area contributed by atoms with Gasteiger partial charge >= 0.3 is 16.4 Å². The highest BCUT2D eigenvalue weighted by molar-refractivity contribution is 7.80. The van der Waals surface area contributed by atoms with E-state index in [1.54, 1.807) is 0 Å². The molecule has 4 aliphatic heterocycles. The first-order valence-corrected chi connectivity index (χ1v) is 11.4. The molecule has 0 saturated carbocycles. The van der Waals surface area contributed by atoms with Crippen LogP contribution in [0.4, 0.5) is 4.79 Å². The molecule has 0 aromatic heterocycles. The van der Waals surface area contributed by atoms with Crippen LogP contribution in [0.1, 0.15) is 19.3 Å². The van der Waals surface area contributed by atoms with Crippen molar-refractivity contribution in [3.05, 3.63) is 0 Å². The third-order valence-corrected chi connectivity index (χ3v) is 6.37. The van der Waals surface area contributed by atoms with Gasteiger partial charge in [-0.25, -0.2) is 10.3 Å². The fourth-order valence-corrected chi connectivity index (χ4v) is 4.92. The molecule has 0 aromatic rings. The van der Waals surface area contributed by atoms with Gasteiger partial charge in [0.2, 0.25) is 0 Å². The molecule has 4 fully saturated rings. The molecule has 0 spiro atoms. The topological polar surface area (TPSA) is 150 Å². The molecule has 3 amide bonds. The Balaban J connectivity index is 1.22. The summed E-state index contributed by atoms with van der Waals surface area (Å²) >= 11 is 0. The average molecular weight is 449 g/mol. The molecule has 1 unspecified atom stereocenters. The normalized spacial score (nSPS) is 32.6. The largest absolute Gasteiger partial charge is 0.418 e. The first kappa shape index (κ1) is 21.7. The maximum atomic E-state index is 12.5. The van der Waals surface area contributed by atoms with E-state index in [0.29, 0.717) is 30.6 Å². The van der Waals surface area contributed by atoms with E-state index in [9.17, 15) is 18.0 Å². The summed E-state index contributed by atoms with van der Waals surface area (Å²) in [5.41, 5.74) is 2.41. The summed E-state index contributed by atoms with van der Waals surface area (Å²) in [6.07, 6.45) is 1.60. The van der Waals surface area contributed by atoms with Gasteiger partial charge in [-0.2, -0.15) is 13.5 Å². The fraction of sp³-hybridized carbons (Fsp3) is 0.875. The molecule has 0 radical (unpaired) electrons. The number of nitrogens with one attached hydrogen (secondary N) is 2. The van der Waals surface area contributed by atoms with Crippen molar-refractivity contribution in [2.75, 3.05) is 46.0 Å². The average Bonchev–Trinajstić information content (AvgIpc) is 3.27. The number of hydrogen-bond acceptors (Lipinski definition) is 9. The van der Waals surface area contributed by atoms with Gasteiger partial charge in [0.15, 0.2) is 0 Å². The van der Waals surface area contributed by atoms with Crippen LogP contribution in [0.2, 0.25) is 0 Å². The van der Waals surface area contributed by atoms with Crippen LogP contribution in [-0.2, 0) is 29.1 Å². The molecule has 4 rings (SSSR count). The third kappa shape index (κ3) is 4.85. The lowest BCUT2D eigenvalue weighted by Gasteiger charge is -2.31. The van der Waals surface area contributed by atoms with Crippen LogP contribution in [-0.4, -0.2) is 110 Å². The van der Waals surface area contributed by atoms with Gasteiger partial charge in [-0.05, 0) is 19.3 Å². The Morgan fingerprint density at radius 2 is 2.03 bits per heavy atom. The van der Waals surface area contributed by atoms with Gasteiger partial charge in [0.1, 0.15) is 6.04 Å². The van der Waals surface area contributed by atoms with E-state index in [4.69, 9.17) is 14.1 Å². The van der Waals surface area contributed by atoms with E-state index in [-0.39, 0.29) is 12.6 Å². The zero-order chi connectivity index (χ0) is 21.3. The molecule has 0 aliphatic carbocycles. The molecule has 30 heavy (non-hydrogen) atoms. The van der Waals surface area contributed by atoms with Gasteiger partial charge in [0.25, 0.3) is 5.91 Å². The predicted octanol–water partition coefficient (Wildman–Crippen LogP) is -1.90. The van der Waals surface area contributed by atoms with Crippen molar-refractivity contribution >= 4 is 22.3 Å². The van der Waals surface area contributed by atoms with Crippen molar-refractivity contribution in [3.63, 3.8) is 0 Å². The second-order valence-corrected chi connectivity index (χ2v) is 8.93. The lowest BCUT2D eigenvalue weighted by molar-refractivity contribution is -0.139. The number of carbonyl (C=O) groups is 2. The highest BCUT2D eigenvalue weighted by Gasteiger charge is 2.49. The molecule has 2 bridgehead atoms. The van der Waals surface area contributed by atoms with Gasteiger partial charge in [-0.3, -0.25) is 19.1 Å². The van der Waals surface area contributed by atoms with Gasteiger partial charge in [0, 0.05) is 38.3 Å². The summed E-state index contributed by atoms with van der Waals surface area (Å²) in [4.78, 5) is 33.9. The standard InChI is InChI=1S/C16H27N5O8S/c22-15(14-2-1-12-9-20(14)16(23)21(12)29-30(24,25)26)18-28-10-11-7-13(8-17-11)19-3-5-27-6-4-19/h11-14,17H,1-10H2,(H,18,22)(H,24,25,26)/t11?,12-,13+,14+/m1/s1. The number of rotatable bonds is 7. The van der Waals surface area contributed by atoms with Gasteiger partial charge in [0.05, 0.1) is 25.9 Å². The fourth-order valence-electron chi connectivity index (χ4n) is 4.53. The van der Waals surface area contributed by atoms with Crippen LogP contribution < -0.4 is 10.8 Å². The molecule has 0 aromatic carbocycles. The summed E-state index contributed by atoms with van der Waals surface area (Å²) in [7, 11) is -4.82. The first-order chi connectivity index (χ1) is 14.3. The van der Waals surface area contributed by atoms with Crippen molar-refractivity contribution in [3.8, 4) is 0 Å². The van der Waals surface area contributed by atoms with Crippen molar-refractivity contribution in [1.82, 2.24) is 25.7 Å². The molecule has 14 heteroatoms. The molecule has 4 aliphatic rings. The first-order valence-electron chi connectivity index (χ1n) is 10.1. The monoisotopic (exact) mass is 449 g/mol. The van der Waals surface area contributed by atoms with Crippen LogP contribution in [0.5, 0.6) is 0 Å². The molecular formula is C16H27N5O8S. The van der Waals surface area contributed by atoms with Crippen LogP contribution in [0.15, 0.2) is 0 Å². The minimum absolute atomic E-state index is 0.112. The number of fused-ring (bicyclic) bond motifs is 2. The molecule has 4 saturated heterocycles. The van der Waals surface area contributed by atoms with E-state index < -0.39 is 34.4 Å². The second-order valence-electron chi connectivity index (χ2n) is 7.93. The molecule has 4 atom stereocenters. The smallest absolute Gasteiger partial charge is 0.379 e. The Labute approximate surface area is 174 Å². The number of hydrogen-bond donors (Lipinski definition) is 3. The number of carbonyl (C=O) groups excluding carboxylic acids is 2. The Kier molecular flexibility index (Phi) is 6.43. The highest BCUT2D eigenvalue weighted by atomic mass is 32.3. The van der Waals surface area contributed by atoms with Gasteiger partial charge in [-0.15, -0.1) is 4.28 Å². The quantitative estimate of drug-likeness (QED) is 0.297. The minimum Gasteiger partial charge on any atom is -0.379 e. The number of nitrogens with zero attached hydrogens (tertiary/aromatic N) is 3. The van der Waals surface area contributed by atoms with Crippen molar-refractivity contribution in [2.45, 2.75) is 43.4 Å². The van der Waals surface area contributed by atoms with E-state index in [1.165, 1.54) is 4.90 Å². The summed E-state index contributed by atoms with van der Waals surface area (Å²) < 4.78 is 40.4. The van der Waals surface area contributed by atoms with Crippen molar-refractivity contribution < 1.29 is 36.4 Å². The third-order valence-electron chi connectivity index (χ3n) is 6.02. The van der Waals surface area contributed by atoms with E-state index >= 15 is 0 Å². The number of amides is 3. The Morgan fingerprint density at radius 3 is 2.77 bits per heavy atom. The van der Waals surface area contributed by atoms with Crippen LogP contribution in [0.3, 0.4) is 0 Å². The van der Waals surface area contributed by atoms with Crippen molar-refractivity contribution in [2.24, 2.45) is 0 Å². The lowest BCUT2D eigenvalue weighted by atomic mass is 10.0. The molecule has 13 nitrogen and oxygen atoms in total. The van der Waals surface area contributed by atoms with Crippen LogP contribution >= 0.6 is 0 Å².